The lowest BCUT2D eigenvalue weighted by Gasteiger charge is -2.27. The lowest BCUT2D eigenvalue weighted by atomic mass is 9.99. The van der Waals surface area contributed by atoms with E-state index in [9.17, 15) is 22.2 Å². The van der Waals surface area contributed by atoms with Gasteiger partial charge in [-0.2, -0.15) is 13.2 Å². The van der Waals surface area contributed by atoms with Gasteiger partial charge in [-0.3, -0.25) is 14.7 Å². The number of benzene rings is 2. The number of pyridine rings is 1. The third-order valence-corrected chi connectivity index (χ3v) is 6.86. The van der Waals surface area contributed by atoms with Gasteiger partial charge in [0.25, 0.3) is 5.91 Å². The van der Waals surface area contributed by atoms with Crippen LogP contribution in [-0.2, 0) is 36.9 Å². The fraction of sp³-hybridized carbons (Fsp3) is 0.308. The molecule has 0 fully saturated rings. The summed E-state index contributed by atoms with van der Waals surface area (Å²) >= 11 is -2.05. The smallest absolute Gasteiger partial charge is 0.348 e. The third-order valence-electron chi connectivity index (χ3n) is 6.19. The van der Waals surface area contributed by atoms with Crippen molar-refractivity contribution in [2.24, 2.45) is 5.92 Å². The Morgan fingerprint density at radius 3 is 2.36 bits per heavy atom. The average Bonchev–Trinajstić information content (AvgIpc) is 3.19. The maximum atomic E-state index is 12.9. The van der Waals surface area contributed by atoms with Crippen molar-refractivity contribution in [3.63, 3.8) is 0 Å². The monoisotopic (exact) mass is 517 g/mol. The molecule has 0 saturated heterocycles. The summed E-state index contributed by atoms with van der Waals surface area (Å²) in [5, 5.41) is 2.83. The van der Waals surface area contributed by atoms with Gasteiger partial charge in [0.05, 0.1) is 27.8 Å². The van der Waals surface area contributed by atoms with Crippen LogP contribution in [0.5, 0.6) is 0 Å². The van der Waals surface area contributed by atoms with Crippen LogP contribution in [0.2, 0.25) is 0 Å². The normalized spacial score (nSPS) is 16.7. The summed E-state index contributed by atoms with van der Waals surface area (Å²) in [6, 6.07) is 13.4. The highest BCUT2D eigenvalue weighted by molar-refractivity contribution is 7.79. The van der Waals surface area contributed by atoms with E-state index in [4.69, 9.17) is 4.55 Å². The number of halogens is 3. The van der Waals surface area contributed by atoms with Crippen molar-refractivity contribution in [2.75, 3.05) is 0 Å². The van der Waals surface area contributed by atoms with Crippen molar-refractivity contribution in [3.8, 4) is 0 Å². The van der Waals surface area contributed by atoms with Crippen molar-refractivity contribution in [3.05, 3.63) is 94.3 Å². The highest BCUT2D eigenvalue weighted by Crippen LogP contribution is 2.39. The zero-order chi connectivity index (χ0) is 26.0. The first-order valence-electron chi connectivity index (χ1n) is 11.4. The van der Waals surface area contributed by atoms with E-state index in [1.165, 1.54) is 24.3 Å². The molecule has 1 unspecified atom stereocenters. The molecule has 1 aliphatic rings. The Morgan fingerprint density at radius 1 is 1.14 bits per heavy atom. The number of hydrogen-bond acceptors (Lipinski definition) is 4. The van der Waals surface area contributed by atoms with Crippen molar-refractivity contribution in [1.82, 2.24) is 15.2 Å². The number of alkyl halides is 3. The molecule has 1 aliphatic heterocycles. The molecule has 2 N–H and O–H groups in total. The minimum atomic E-state index is -4.37. The topological polar surface area (TPSA) is 82.5 Å². The van der Waals surface area contributed by atoms with Crippen LogP contribution < -0.4 is 5.32 Å². The van der Waals surface area contributed by atoms with Crippen LogP contribution in [0, 0.1) is 5.92 Å². The minimum absolute atomic E-state index is 0.0185. The largest absolute Gasteiger partial charge is 0.416 e. The predicted molar refractivity (Wildman–Crippen MR) is 129 cm³/mol. The van der Waals surface area contributed by atoms with E-state index >= 15 is 0 Å². The summed E-state index contributed by atoms with van der Waals surface area (Å²) in [7, 11) is 0. The second kappa shape index (κ2) is 10.5. The second-order valence-corrected chi connectivity index (χ2v) is 10.1. The number of aromatic nitrogens is 1. The minimum Gasteiger partial charge on any atom is -0.348 e. The Labute approximate surface area is 209 Å². The fourth-order valence-electron chi connectivity index (χ4n) is 4.46. The van der Waals surface area contributed by atoms with E-state index in [1.54, 1.807) is 18.3 Å². The van der Waals surface area contributed by atoms with E-state index in [2.05, 4.69) is 29.0 Å². The van der Waals surface area contributed by atoms with Crippen LogP contribution in [0.3, 0.4) is 0 Å². The van der Waals surface area contributed by atoms with Gasteiger partial charge in [-0.05, 0) is 52.9 Å². The van der Waals surface area contributed by atoms with Gasteiger partial charge in [0.15, 0.2) is 11.1 Å². The molecule has 1 amide bonds. The molecule has 0 bridgehead atoms. The second-order valence-electron chi connectivity index (χ2n) is 9.13. The molecule has 0 aliphatic carbocycles. The van der Waals surface area contributed by atoms with E-state index in [-0.39, 0.29) is 29.3 Å². The van der Waals surface area contributed by atoms with Gasteiger partial charge in [-0.1, -0.05) is 38.1 Å². The van der Waals surface area contributed by atoms with Crippen LogP contribution in [0.4, 0.5) is 13.2 Å². The van der Waals surface area contributed by atoms with Gasteiger partial charge in [0.2, 0.25) is 0 Å². The Kier molecular flexibility index (Phi) is 7.58. The number of amides is 1. The molecule has 2 aromatic carbocycles. The summed E-state index contributed by atoms with van der Waals surface area (Å²) in [5.74, 6) is -0.0773. The summed E-state index contributed by atoms with van der Waals surface area (Å²) in [5.41, 5.74) is 3.10. The Bertz CT molecular complexity index is 1260. The van der Waals surface area contributed by atoms with Crippen LogP contribution in [-0.4, -0.2) is 24.6 Å². The Morgan fingerprint density at radius 2 is 1.78 bits per heavy atom. The van der Waals surface area contributed by atoms with E-state index in [0.717, 1.165) is 34.5 Å². The molecule has 2 heterocycles. The summed E-state index contributed by atoms with van der Waals surface area (Å²) in [6.45, 7) is 5.39. The SMILES string of the molecule is CC(C)[C@H]1c2ncc(C(=O)NCc3ccc(S(=O)O)cc3)cc2CN1Cc1ccc(C(F)(F)F)cc1. The fourth-order valence-corrected chi connectivity index (χ4v) is 4.83. The van der Waals surface area contributed by atoms with Gasteiger partial charge < -0.3 is 9.87 Å². The number of nitrogens with zero attached hydrogens (tertiary/aromatic N) is 2. The molecule has 3 aromatic rings. The maximum Gasteiger partial charge on any atom is 0.416 e. The zero-order valence-corrected chi connectivity index (χ0v) is 20.6. The molecule has 190 valence electrons. The molecule has 0 radical (unpaired) electrons. The number of fused-ring (bicyclic) bond motifs is 1. The number of carbonyl (C=O) groups is 1. The molecule has 4 rings (SSSR count). The van der Waals surface area contributed by atoms with Gasteiger partial charge >= 0.3 is 6.18 Å². The lowest BCUT2D eigenvalue weighted by molar-refractivity contribution is -0.137. The van der Waals surface area contributed by atoms with Gasteiger partial charge in [-0.15, -0.1) is 0 Å². The van der Waals surface area contributed by atoms with E-state index < -0.39 is 22.8 Å². The highest BCUT2D eigenvalue weighted by Gasteiger charge is 2.35. The van der Waals surface area contributed by atoms with Crippen LogP contribution in [0.25, 0.3) is 0 Å². The molecule has 10 heteroatoms. The van der Waals surface area contributed by atoms with Crippen LogP contribution >= 0.6 is 0 Å². The van der Waals surface area contributed by atoms with Crippen molar-refractivity contribution >= 4 is 17.0 Å². The first-order chi connectivity index (χ1) is 17.0. The predicted octanol–water partition coefficient (Wildman–Crippen LogP) is 5.32. The van der Waals surface area contributed by atoms with Gasteiger partial charge in [0, 0.05) is 25.8 Å². The Balaban J connectivity index is 1.45. The van der Waals surface area contributed by atoms with Crippen LogP contribution in [0.1, 0.15) is 58.2 Å². The van der Waals surface area contributed by atoms with E-state index in [0.29, 0.717) is 18.7 Å². The number of nitrogens with one attached hydrogen (secondary N) is 1. The lowest BCUT2D eigenvalue weighted by Crippen LogP contribution is -2.25. The van der Waals surface area contributed by atoms with Crippen LogP contribution in [0.15, 0.2) is 65.7 Å². The molecule has 1 aromatic heterocycles. The summed E-state index contributed by atoms with van der Waals surface area (Å²) in [4.78, 5) is 19.8. The summed E-state index contributed by atoms with van der Waals surface area (Å²) < 4.78 is 58.9. The standard InChI is InChI=1S/C26H26F3N3O3S/c1-16(2)24-23-20(15-32(24)14-18-3-7-21(8-4-18)26(27,28)29)11-19(13-30-23)25(33)31-12-17-5-9-22(10-6-17)36(34)35/h3-11,13,16,24H,12,14-15H2,1-2H3,(H,31,33)(H,34,35)/t24-/m0/s1. The number of carbonyl (C=O) groups excluding carboxylic acids is 1. The van der Waals surface area contributed by atoms with Gasteiger partial charge in [0.1, 0.15) is 0 Å². The summed E-state index contributed by atoms with van der Waals surface area (Å²) in [6.07, 6.45) is -2.82. The first-order valence-corrected chi connectivity index (χ1v) is 12.5. The Hall–Kier alpha value is -3.08. The molecule has 6 nitrogen and oxygen atoms in total. The number of rotatable bonds is 7. The average molecular weight is 518 g/mol. The van der Waals surface area contributed by atoms with Gasteiger partial charge in [-0.25, -0.2) is 4.21 Å². The molecule has 0 spiro atoms. The molecule has 2 atom stereocenters. The molecular formula is C26H26F3N3O3S. The highest BCUT2D eigenvalue weighted by atomic mass is 32.2. The zero-order valence-electron chi connectivity index (χ0n) is 19.7. The molecular weight excluding hydrogens is 491 g/mol. The third kappa shape index (κ3) is 5.83. The van der Waals surface area contributed by atoms with Crippen molar-refractivity contribution in [1.29, 1.82) is 0 Å². The van der Waals surface area contributed by atoms with Crippen molar-refractivity contribution < 1.29 is 26.7 Å². The maximum absolute atomic E-state index is 12.9. The number of hydrogen-bond donors (Lipinski definition) is 2. The quantitative estimate of drug-likeness (QED) is 0.415. The first kappa shape index (κ1) is 26.0. The molecule has 0 saturated carbocycles. The molecule has 36 heavy (non-hydrogen) atoms. The van der Waals surface area contributed by atoms with Crippen molar-refractivity contribution in [2.45, 2.75) is 50.6 Å². The van der Waals surface area contributed by atoms with E-state index in [1.807, 2.05) is 6.07 Å².